The van der Waals surface area contributed by atoms with E-state index in [9.17, 15) is 13.6 Å². The van der Waals surface area contributed by atoms with E-state index in [2.05, 4.69) is 4.98 Å². The Morgan fingerprint density at radius 2 is 2.19 bits per heavy atom. The Hall–Kier alpha value is -1.44. The summed E-state index contributed by atoms with van der Waals surface area (Å²) >= 11 is 1.26. The largest absolute Gasteiger partial charge is 0.464 e. The molecule has 0 bridgehead atoms. The first-order valence-electron chi connectivity index (χ1n) is 6.62. The lowest BCUT2D eigenvalue weighted by atomic mass is 10.2. The van der Waals surface area contributed by atoms with E-state index in [1.807, 2.05) is 0 Å². The van der Waals surface area contributed by atoms with E-state index in [0.717, 1.165) is 4.88 Å². The van der Waals surface area contributed by atoms with Gasteiger partial charge in [0, 0.05) is 17.8 Å². The van der Waals surface area contributed by atoms with E-state index in [0.29, 0.717) is 25.2 Å². The monoisotopic (exact) mass is 320 g/mol. The summed E-state index contributed by atoms with van der Waals surface area (Å²) in [6.45, 7) is 5.59. The number of fused-ring (bicyclic) bond motifs is 1. The molecule has 1 aliphatic rings. The molecule has 0 atom stereocenters. The molecular formula is C13H18F2N2O3S. The topological polar surface area (TPSA) is 51.7 Å². The van der Waals surface area contributed by atoms with Gasteiger partial charge in [0.2, 0.25) is 0 Å². The van der Waals surface area contributed by atoms with Crippen molar-refractivity contribution in [3.05, 3.63) is 10.6 Å². The number of carbonyl (C=O) groups is 1. The summed E-state index contributed by atoms with van der Waals surface area (Å²) in [7, 11) is 0. The van der Waals surface area contributed by atoms with Crippen molar-refractivity contribution in [1.29, 1.82) is 0 Å². The van der Waals surface area contributed by atoms with Gasteiger partial charge in [-0.1, -0.05) is 11.3 Å². The lowest BCUT2D eigenvalue weighted by molar-refractivity contribution is 0.0222. The molecule has 0 aliphatic carbocycles. The maximum atomic E-state index is 12.1. The smallest absolute Gasteiger partial charge is 0.410 e. The van der Waals surface area contributed by atoms with Crippen LogP contribution in [-0.2, 0) is 17.7 Å². The molecule has 0 radical (unpaired) electrons. The van der Waals surface area contributed by atoms with Crippen LogP contribution in [0.1, 0.15) is 31.3 Å². The van der Waals surface area contributed by atoms with Gasteiger partial charge in [-0.3, -0.25) is 0 Å². The van der Waals surface area contributed by atoms with Crippen molar-refractivity contribution in [1.82, 2.24) is 9.88 Å². The van der Waals surface area contributed by atoms with Crippen molar-refractivity contribution >= 4 is 17.4 Å². The molecule has 0 fully saturated rings. The molecule has 0 spiro atoms. The van der Waals surface area contributed by atoms with Gasteiger partial charge in [0.15, 0.2) is 6.61 Å². The third kappa shape index (κ3) is 4.52. The summed E-state index contributed by atoms with van der Waals surface area (Å²) in [5.41, 5.74) is 0.145. The van der Waals surface area contributed by atoms with E-state index >= 15 is 0 Å². The molecule has 5 nitrogen and oxygen atoms in total. The van der Waals surface area contributed by atoms with Crippen molar-refractivity contribution in [2.75, 3.05) is 13.2 Å². The Morgan fingerprint density at radius 3 is 2.81 bits per heavy atom. The molecule has 0 unspecified atom stereocenters. The van der Waals surface area contributed by atoms with Crippen LogP contribution in [0.2, 0.25) is 0 Å². The molecule has 2 rings (SSSR count). The molecular weight excluding hydrogens is 302 g/mol. The van der Waals surface area contributed by atoms with Gasteiger partial charge in [-0.05, 0) is 20.8 Å². The zero-order chi connectivity index (χ0) is 15.6. The molecule has 118 valence electrons. The van der Waals surface area contributed by atoms with Crippen LogP contribution in [0.25, 0.3) is 0 Å². The highest BCUT2D eigenvalue weighted by atomic mass is 32.1. The van der Waals surface area contributed by atoms with Gasteiger partial charge < -0.3 is 14.4 Å². The number of hydrogen-bond acceptors (Lipinski definition) is 5. The number of nitrogens with zero attached hydrogens (tertiary/aromatic N) is 2. The summed E-state index contributed by atoms with van der Waals surface area (Å²) in [5, 5.41) is 0.228. The number of ether oxygens (including phenoxy) is 2. The predicted octanol–water partition coefficient (Wildman–Crippen LogP) is 3.08. The van der Waals surface area contributed by atoms with Crippen LogP contribution in [0.4, 0.5) is 13.6 Å². The van der Waals surface area contributed by atoms with Crippen LogP contribution >= 0.6 is 11.3 Å². The first-order chi connectivity index (χ1) is 9.74. The minimum atomic E-state index is -2.52. The number of thiazole rings is 1. The van der Waals surface area contributed by atoms with Gasteiger partial charge in [-0.2, -0.15) is 0 Å². The molecule has 1 aromatic rings. The second kappa shape index (κ2) is 6.13. The normalized spacial score (nSPS) is 15.0. The second-order valence-corrected chi connectivity index (χ2v) is 6.75. The maximum Gasteiger partial charge on any atom is 0.410 e. The van der Waals surface area contributed by atoms with Gasteiger partial charge in [-0.15, -0.1) is 0 Å². The molecule has 8 heteroatoms. The summed E-state index contributed by atoms with van der Waals surface area (Å²) in [6, 6.07) is 0. The van der Waals surface area contributed by atoms with Crippen molar-refractivity contribution in [3.63, 3.8) is 0 Å². The van der Waals surface area contributed by atoms with Crippen LogP contribution in [0.15, 0.2) is 0 Å². The fraction of sp³-hybridized carbons (Fsp3) is 0.692. The predicted molar refractivity (Wildman–Crippen MR) is 74.0 cm³/mol. The summed E-state index contributed by atoms with van der Waals surface area (Å²) in [6.07, 6.45) is -2.29. The number of hydrogen-bond donors (Lipinski definition) is 0. The molecule has 1 aliphatic heterocycles. The number of carbonyl (C=O) groups excluding carboxylic acids is 1. The van der Waals surface area contributed by atoms with Crippen LogP contribution in [0.5, 0.6) is 5.19 Å². The molecule has 1 aromatic heterocycles. The highest BCUT2D eigenvalue weighted by Crippen LogP contribution is 2.30. The standard InChI is InChI=1S/C13H18F2N2O3S/c1-13(2,3)20-12(18)17-5-4-9-8(6-17)16-11(21-9)19-7-10(14)15/h10H,4-7H2,1-3H3. The van der Waals surface area contributed by atoms with Crippen LogP contribution in [0, 0.1) is 0 Å². The molecule has 0 N–H and O–H groups in total. The number of alkyl halides is 2. The van der Waals surface area contributed by atoms with Gasteiger partial charge in [0.05, 0.1) is 12.2 Å². The van der Waals surface area contributed by atoms with Crippen LogP contribution in [0.3, 0.4) is 0 Å². The molecule has 0 saturated carbocycles. The van der Waals surface area contributed by atoms with Gasteiger partial charge in [0.25, 0.3) is 11.6 Å². The van der Waals surface area contributed by atoms with E-state index < -0.39 is 24.7 Å². The minimum Gasteiger partial charge on any atom is -0.464 e. The lowest BCUT2D eigenvalue weighted by Crippen LogP contribution is -2.39. The van der Waals surface area contributed by atoms with Gasteiger partial charge in [-0.25, -0.2) is 18.6 Å². The SMILES string of the molecule is CC(C)(C)OC(=O)N1CCc2sc(OCC(F)F)nc2C1. The Labute approximate surface area is 125 Å². The number of amides is 1. The molecule has 2 heterocycles. The van der Waals surface area contributed by atoms with E-state index in [-0.39, 0.29) is 5.19 Å². The Balaban J connectivity index is 1.98. The summed E-state index contributed by atoms with van der Waals surface area (Å²) in [5.74, 6) is 0. The number of rotatable bonds is 3. The average Bonchev–Trinajstić information content (AvgIpc) is 2.75. The van der Waals surface area contributed by atoms with E-state index in [1.54, 1.807) is 25.7 Å². The zero-order valence-corrected chi connectivity index (χ0v) is 13.0. The fourth-order valence-electron chi connectivity index (χ4n) is 1.85. The number of aromatic nitrogens is 1. The lowest BCUT2D eigenvalue weighted by Gasteiger charge is -2.29. The highest BCUT2D eigenvalue weighted by molar-refractivity contribution is 7.13. The molecule has 0 saturated heterocycles. The number of halogens is 2. The molecule has 21 heavy (non-hydrogen) atoms. The van der Waals surface area contributed by atoms with Crippen molar-refractivity contribution in [3.8, 4) is 5.19 Å². The van der Waals surface area contributed by atoms with Crippen molar-refractivity contribution in [2.24, 2.45) is 0 Å². The minimum absolute atomic E-state index is 0.228. The van der Waals surface area contributed by atoms with Gasteiger partial charge >= 0.3 is 6.09 Å². The second-order valence-electron chi connectivity index (χ2n) is 5.70. The third-order valence-corrected chi connectivity index (χ3v) is 3.76. The molecule has 0 aromatic carbocycles. The summed E-state index contributed by atoms with van der Waals surface area (Å²) < 4.78 is 34.5. The Bertz CT molecular complexity index is 514. The van der Waals surface area contributed by atoms with Crippen molar-refractivity contribution in [2.45, 2.75) is 45.8 Å². The quantitative estimate of drug-likeness (QED) is 0.859. The third-order valence-electron chi connectivity index (χ3n) is 2.69. The molecule has 1 amide bonds. The first-order valence-corrected chi connectivity index (χ1v) is 7.43. The van der Waals surface area contributed by atoms with E-state index in [4.69, 9.17) is 9.47 Å². The maximum absolute atomic E-state index is 12.1. The highest BCUT2D eigenvalue weighted by Gasteiger charge is 2.28. The first kappa shape index (κ1) is 15.9. The van der Waals surface area contributed by atoms with Gasteiger partial charge in [0.1, 0.15) is 5.60 Å². The van der Waals surface area contributed by atoms with Crippen LogP contribution < -0.4 is 4.74 Å². The Morgan fingerprint density at radius 1 is 1.48 bits per heavy atom. The van der Waals surface area contributed by atoms with Crippen molar-refractivity contribution < 1.29 is 23.0 Å². The van der Waals surface area contributed by atoms with E-state index in [1.165, 1.54) is 11.3 Å². The average molecular weight is 320 g/mol. The zero-order valence-electron chi connectivity index (χ0n) is 12.2. The fourth-order valence-corrected chi connectivity index (χ4v) is 2.77. The van der Waals surface area contributed by atoms with Crippen LogP contribution in [-0.4, -0.2) is 41.2 Å². The Kier molecular flexibility index (Phi) is 4.65. The summed E-state index contributed by atoms with van der Waals surface area (Å²) in [4.78, 5) is 18.7.